The van der Waals surface area contributed by atoms with E-state index < -0.39 is 0 Å². The Morgan fingerprint density at radius 1 is 1.40 bits per heavy atom. The number of halogens is 1. The van der Waals surface area contributed by atoms with Gasteiger partial charge in [0.15, 0.2) is 0 Å². The average Bonchev–Trinajstić information content (AvgIpc) is 2.62. The average molecular weight is 224 g/mol. The normalized spacial score (nSPS) is 11.1. The third-order valence-electron chi connectivity index (χ3n) is 2.44. The van der Waals surface area contributed by atoms with Gasteiger partial charge in [0.1, 0.15) is 5.58 Å². The van der Waals surface area contributed by atoms with E-state index in [-0.39, 0.29) is 0 Å². The first kappa shape index (κ1) is 10.5. The molecule has 0 fully saturated rings. The molecule has 1 aromatic carbocycles. The van der Waals surface area contributed by atoms with E-state index in [1.54, 1.807) is 0 Å². The molecule has 3 heteroatoms. The Kier molecular flexibility index (Phi) is 3.29. The number of nitrogens with one attached hydrogen (secondary N) is 1. The van der Waals surface area contributed by atoms with Gasteiger partial charge in [0, 0.05) is 10.4 Å². The molecule has 80 valence electrons. The van der Waals surface area contributed by atoms with Gasteiger partial charge in [-0.25, -0.2) is 0 Å². The predicted octanol–water partition coefficient (Wildman–Crippen LogP) is 3.24. The molecule has 0 spiro atoms. The lowest BCUT2D eigenvalue weighted by Crippen LogP contribution is -2.15. The second kappa shape index (κ2) is 4.69. The highest BCUT2D eigenvalue weighted by atomic mass is 35.5. The van der Waals surface area contributed by atoms with Crippen LogP contribution in [-0.2, 0) is 6.42 Å². The second-order valence-corrected chi connectivity index (χ2v) is 3.94. The van der Waals surface area contributed by atoms with Crippen molar-refractivity contribution in [3.63, 3.8) is 0 Å². The van der Waals surface area contributed by atoms with E-state index in [9.17, 15) is 0 Å². The van der Waals surface area contributed by atoms with E-state index in [0.717, 1.165) is 35.5 Å². The van der Waals surface area contributed by atoms with Crippen LogP contribution in [0.15, 0.2) is 28.9 Å². The van der Waals surface area contributed by atoms with Crippen LogP contribution in [0.4, 0.5) is 0 Å². The topological polar surface area (TPSA) is 25.2 Å². The minimum absolute atomic E-state index is 0.758. The fraction of sp³-hybridized carbons (Fsp3) is 0.333. The van der Waals surface area contributed by atoms with Crippen molar-refractivity contribution in [3.8, 4) is 0 Å². The van der Waals surface area contributed by atoms with Crippen LogP contribution in [0.2, 0.25) is 5.02 Å². The summed E-state index contributed by atoms with van der Waals surface area (Å²) in [4.78, 5) is 0. The Morgan fingerprint density at radius 2 is 2.27 bits per heavy atom. The van der Waals surface area contributed by atoms with Crippen LogP contribution in [0.1, 0.15) is 12.5 Å². The molecular weight excluding hydrogens is 210 g/mol. The molecule has 0 aliphatic carbocycles. The number of hydrogen-bond acceptors (Lipinski definition) is 2. The van der Waals surface area contributed by atoms with E-state index in [4.69, 9.17) is 16.0 Å². The molecule has 0 unspecified atom stereocenters. The minimum Gasteiger partial charge on any atom is -0.464 e. The van der Waals surface area contributed by atoms with Gasteiger partial charge in [-0.1, -0.05) is 18.5 Å². The van der Waals surface area contributed by atoms with Gasteiger partial charge in [-0.3, -0.25) is 0 Å². The Balaban J connectivity index is 2.23. The van der Waals surface area contributed by atoms with Gasteiger partial charge in [0.25, 0.3) is 0 Å². The van der Waals surface area contributed by atoms with Crippen molar-refractivity contribution in [2.24, 2.45) is 0 Å². The molecule has 0 amide bonds. The highest BCUT2D eigenvalue weighted by Gasteiger charge is 2.05. The number of likely N-dealkylation sites (N-methyl/N-ethyl adjacent to an activating group) is 1. The molecule has 0 saturated carbocycles. The molecule has 0 aliphatic heterocycles. The first-order valence-electron chi connectivity index (χ1n) is 5.17. The molecule has 1 heterocycles. The summed E-state index contributed by atoms with van der Waals surface area (Å²) in [5.74, 6) is 0. The molecule has 2 nitrogen and oxygen atoms in total. The number of benzene rings is 1. The van der Waals surface area contributed by atoms with Crippen LogP contribution >= 0.6 is 11.6 Å². The van der Waals surface area contributed by atoms with Crippen molar-refractivity contribution < 1.29 is 4.42 Å². The van der Waals surface area contributed by atoms with E-state index >= 15 is 0 Å². The maximum Gasteiger partial charge on any atom is 0.134 e. The van der Waals surface area contributed by atoms with Gasteiger partial charge in [-0.15, -0.1) is 0 Å². The van der Waals surface area contributed by atoms with Crippen LogP contribution in [0.25, 0.3) is 11.0 Å². The van der Waals surface area contributed by atoms with E-state index in [2.05, 4.69) is 12.2 Å². The van der Waals surface area contributed by atoms with Gasteiger partial charge in [0.05, 0.1) is 6.26 Å². The van der Waals surface area contributed by atoms with Gasteiger partial charge in [0.2, 0.25) is 0 Å². The maximum absolute atomic E-state index is 5.95. The zero-order valence-corrected chi connectivity index (χ0v) is 9.47. The summed E-state index contributed by atoms with van der Waals surface area (Å²) in [7, 11) is 0. The molecule has 0 saturated heterocycles. The summed E-state index contributed by atoms with van der Waals surface area (Å²) in [6.45, 7) is 4.07. The SMILES string of the molecule is CCNCCc1coc2ccc(Cl)cc12. The minimum atomic E-state index is 0.758. The zero-order valence-electron chi connectivity index (χ0n) is 8.72. The van der Waals surface area contributed by atoms with Crippen molar-refractivity contribution in [3.05, 3.63) is 35.0 Å². The van der Waals surface area contributed by atoms with E-state index in [1.807, 2.05) is 24.5 Å². The third-order valence-corrected chi connectivity index (χ3v) is 2.67. The lowest BCUT2D eigenvalue weighted by Gasteiger charge is -1.99. The first-order valence-corrected chi connectivity index (χ1v) is 5.55. The standard InChI is InChI=1S/C12H14ClNO/c1-2-14-6-5-9-8-15-12-4-3-10(13)7-11(9)12/h3-4,7-8,14H,2,5-6H2,1H3. The summed E-state index contributed by atoms with van der Waals surface area (Å²) in [6.07, 6.45) is 2.79. The van der Waals surface area contributed by atoms with Crippen molar-refractivity contribution in [1.82, 2.24) is 5.32 Å². The number of furan rings is 1. The Morgan fingerprint density at radius 3 is 3.07 bits per heavy atom. The van der Waals surface area contributed by atoms with Crippen molar-refractivity contribution >= 4 is 22.6 Å². The first-order chi connectivity index (χ1) is 7.31. The highest BCUT2D eigenvalue weighted by molar-refractivity contribution is 6.31. The summed E-state index contributed by atoms with van der Waals surface area (Å²) in [6, 6.07) is 5.72. The molecule has 0 atom stereocenters. The lowest BCUT2D eigenvalue weighted by molar-refractivity contribution is 0.607. The highest BCUT2D eigenvalue weighted by Crippen LogP contribution is 2.24. The van der Waals surface area contributed by atoms with Crippen molar-refractivity contribution in [2.75, 3.05) is 13.1 Å². The van der Waals surface area contributed by atoms with Crippen LogP contribution in [0.3, 0.4) is 0 Å². The van der Waals surface area contributed by atoms with Crippen LogP contribution in [0, 0.1) is 0 Å². The Bertz CT molecular complexity index is 450. The lowest BCUT2D eigenvalue weighted by atomic mass is 10.1. The summed E-state index contributed by atoms with van der Waals surface area (Å²) < 4.78 is 5.45. The van der Waals surface area contributed by atoms with Gasteiger partial charge >= 0.3 is 0 Å². The summed E-state index contributed by atoms with van der Waals surface area (Å²) >= 11 is 5.95. The van der Waals surface area contributed by atoms with E-state index in [0.29, 0.717) is 0 Å². The maximum atomic E-state index is 5.95. The molecule has 15 heavy (non-hydrogen) atoms. The second-order valence-electron chi connectivity index (χ2n) is 3.50. The molecule has 0 bridgehead atoms. The molecule has 2 aromatic rings. The molecule has 1 N–H and O–H groups in total. The molecule has 2 rings (SSSR count). The van der Waals surface area contributed by atoms with E-state index in [1.165, 1.54) is 5.56 Å². The number of hydrogen-bond donors (Lipinski definition) is 1. The van der Waals surface area contributed by atoms with Crippen molar-refractivity contribution in [2.45, 2.75) is 13.3 Å². The quantitative estimate of drug-likeness (QED) is 0.806. The van der Waals surface area contributed by atoms with Crippen LogP contribution in [-0.4, -0.2) is 13.1 Å². The molecule has 0 radical (unpaired) electrons. The van der Waals surface area contributed by atoms with Gasteiger partial charge < -0.3 is 9.73 Å². The summed E-state index contributed by atoms with van der Waals surface area (Å²) in [5.41, 5.74) is 2.12. The van der Waals surface area contributed by atoms with Crippen LogP contribution in [0.5, 0.6) is 0 Å². The smallest absolute Gasteiger partial charge is 0.134 e. The fourth-order valence-electron chi connectivity index (χ4n) is 1.65. The monoisotopic (exact) mass is 223 g/mol. The number of rotatable bonds is 4. The fourth-order valence-corrected chi connectivity index (χ4v) is 1.82. The largest absolute Gasteiger partial charge is 0.464 e. The Hall–Kier alpha value is -0.990. The molecule has 1 aromatic heterocycles. The van der Waals surface area contributed by atoms with Crippen LogP contribution < -0.4 is 5.32 Å². The van der Waals surface area contributed by atoms with Crippen molar-refractivity contribution in [1.29, 1.82) is 0 Å². The van der Waals surface area contributed by atoms with Gasteiger partial charge in [-0.05, 0) is 43.3 Å². The predicted molar refractivity (Wildman–Crippen MR) is 63.5 cm³/mol. The third kappa shape index (κ3) is 2.33. The molecular formula is C12H14ClNO. The number of fused-ring (bicyclic) bond motifs is 1. The zero-order chi connectivity index (χ0) is 10.7. The molecule has 0 aliphatic rings. The Labute approximate surface area is 94.2 Å². The summed E-state index contributed by atoms with van der Waals surface area (Å²) in [5, 5.41) is 5.17. The van der Waals surface area contributed by atoms with Gasteiger partial charge in [-0.2, -0.15) is 0 Å².